The summed E-state index contributed by atoms with van der Waals surface area (Å²) in [6, 6.07) is 8.43. The van der Waals surface area contributed by atoms with Crippen molar-refractivity contribution in [2.45, 2.75) is 17.2 Å². The fourth-order valence-corrected chi connectivity index (χ4v) is 3.07. The van der Waals surface area contributed by atoms with Gasteiger partial charge in [0.15, 0.2) is 29.2 Å². The van der Waals surface area contributed by atoms with Crippen LogP contribution in [-0.2, 0) is 4.79 Å². The Labute approximate surface area is 159 Å². The first-order valence-corrected chi connectivity index (χ1v) is 8.62. The standard InChI is InChI=1S/C17H11F4N3O3S/c1-8(15(25)22-14-12(20)10(18)7-11(19)13(14)21)28-16-17(26)27-23-24(16)9-5-3-2-4-6-9/h2-8H,1H3,(H-,22,23,25,26). The number of hydrogen-bond donors (Lipinski definition) is 1. The number of anilines is 1. The van der Waals surface area contributed by atoms with Crippen LogP contribution in [0.3, 0.4) is 0 Å². The van der Waals surface area contributed by atoms with Crippen molar-refractivity contribution in [2.75, 3.05) is 5.32 Å². The van der Waals surface area contributed by atoms with E-state index in [9.17, 15) is 27.5 Å². The van der Waals surface area contributed by atoms with Crippen molar-refractivity contribution >= 4 is 23.4 Å². The smallest absolute Gasteiger partial charge is 0.298 e. The van der Waals surface area contributed by atoms with E-state index in [4.69, 9.17) is 0 Å². The topological polar surface area (TPSA) is 82.1 Å². The van der Waals surface area contributed by atoms with Crippen LogP contribution in [0, 0.1) is 23.3 Å². The molecule has 3 aromatic rings. The molecule has 0 fully saturated rings. The highest BCUT2D eigenvalue weighted by molar-refractivity contribution is 8.00. The first-order chi connectivity index (χ1) is 13.3. The molecule has 0 bridgehead atoms. The molecule has 6 nitrogen and oxygen atoms in total. The largest absolute Gasteiger partial charge is 0.538 e. The molecule has 28 heavy (non-hydrogen) atoms. The van der Waals surface area contributed by atoms with Gasteiger partial charge in [0.05, 0.1) is 10.5 Å². The number of nitrogens with zero attached hydrogens (tertiary/aromatic N) is 2. The second-order valence-corrected chi connectivity index (χ2v) is 6.83. The van der Waals surface area contributed by atoms with Gasteiger partial charge in [-0.15, -0.1) is 0 Å². The van der Waals surface area contributed by atoms with Crippen molar-refractivity contribution in [1.29, 1.82) is 0 Å². The number of aromatic nitrogens is 2. The van der Waals surface area contributed by atoms with E-state index in [2.05, 4.69) is 9.79 Å². The van der Waals surface area contributed by atoms with Gasteiger partial charge in [0, 0.05) is 18.2 Å². The fourth-order valence-electron chi connectivity index (χ4n) is 2.20. The first kappa shape index (κ1) is 19.7. The van der Waals surface area contributed by atoms with Gasteiger partial charge in [-0.05, 0) is 23.4 Å². The van der Waals surface area contributed by atoms with E-state index >= 15 is 0 Å². The molecule has 0 aliphatic carbocycles. The van der Waals surface area contributed by atoms with Crippen LogP contribution in [0.1, 0.15) is 6.92 Å². The minimum atomic E-state index is -1.74. The molecule has 1 amide bonds. The number of amides is 1. The molecule has 1 atom stereocenters. The molecule has 0 aliphatic heterocycles. The van der Waals surface area contributed by atoms with Crippen LogP contribution in [-0.4, -0.2) is 16.4 Å². The molecule has 0 radical (unpaired) electrons. The Morgan fingerprint density at radius 1 is 1.18 bits per heavy atom. The maximum absolute atomic E-state index is 13.7. The molecule has 1 aromatic heterocycles. The summed E-state index contributed by atoms with van der Waals surface area (Å²) >= 11 is 0.696. The number of carbonyl (C=O) groups is 1. The van der Waals surface area contributed by atoms with Crippen LogP contribution in [0.5, 0.6) is 5.95 Å². The summed E-state index contributed by atoms with van der Waals surface area (Å²) in [6.45, 7) is 1.33. The Bertz CT molecular complexity index is 1000. The van der Waals surface area contributed by atoms with E-state index in [0.717, 1.165) is 4.68 Å². The molecule has 0 spiro atoms. The van der Waals surface area contributed by atoms with Gasteiger partial charge in [0.1, 0.15) is 5.69 Å². The number of nitrogens with one attached hydrogen (secondary N) is 1. The highest BCUT2D eigenvalue weighted by atomic mass is 32.2. The van der Waals surface area contributed by atoms with Gasteiger partial charge in [-0.2, -0.15) is 0 Å². The number of benzene rings is 2. The molecule has 1 heterocycles. The number of rotatable bonds is 5. The Balaban J connectivity index is 1.83. The number of thioether (sulfide) groups is 1. The third-order valence-corrected chi connectivity index (χ3v) is 4.72. The molecule has 2 aromatic carbocycles. The van der Waals surface area contributed by atoms with Gasteiger partial charge in [0.2, 0.25) is 11.6 Å². The third-order valence-electron chi connectivity index (χ3n) is 3.59. The normalized spacial score (nSPS) is 12.0. The van der Waals surface area contributed by atoms with Crippen LogP contribution < -0.4 is 15.1 Å². The molecule has 0 saturated heterocycles. The summed E-state index contributed by atoms with van der Waals surface area (Å²) in [6.07, 6.45) is 0. The maximum Gasteiger partial charge on any atom is 0.298 e. The minimum absolute atomic E-state index is 0.0299. The SMILES string of the molecule is CC(Sc1c([O-])on[n+]1-c1ccccc1)C(=O)Nc1c(F)c(F)cc(F)c1F. The average Bonchev–Trinajstić information content (AvgIpc) is 3.04. The zero-order valence-electron chi connectivity index (χ0n) is 14.1. The second kappa shape index (κ2) is 7.89. The predicted molar refractivity (Wildman–Crippen MR) is 87.7 cm³/mol. The quantitative estimate of drug-likeness (QED) is 0.301. The summed E-state index contributed by atoms with van der Waals surface area (Å²) in [5.41, 5.74) is -0.772. The summed E-state index contributed by atoms with van der Waals surface area (Å²) < 4.78 is 59.7. The highest BCUT2D eigenvalue weighted by Crippen LogP contribution is 2.29. The minimum Gasteiger partial charge on any atom is -0.538 e. The summed E-state index contributed by atoms with van der Waals surface area (Å²) in [4.78, 5) is 12.3. The lowest BCUT2D eigenvalue weighted by Crippen LogP contribution is -2.36. The maximum atomic E-state index is 13.7. The lowest BCUT2D eigenvalue weighted by Gasteiger charge is -2.12. The van der Waals surface area contributed by atoms with E-state index < -0.39 is 46.1 Å². The Kier molecular flexibility index (Phi) is 5.54. The Hall–Kier alpha value is -3.08. The third kappa shape index (κ3) is 3.79. The Morgan fingerprint density at radius 3 is 2.39 bits per heavy atom. The van der Waals surface area contributed by atoms with Crippen molar-refractivity contribution < 1.29 is 36.7 Å². The van der Waals surface area contributed by atoms with Crippen LogP contribution in [0.15, 0.2) is 45.9 Å². The second-order valence-electron chi connectivity index (χ2n) is 5.51. The number of para-hydroxylation sites is 1. The molecule has 146 valence electrons. The van der Waals surface area contributed by atoms with E-state index in [1.165, 1.54) is 6.92 Å². The van der Waals surface area contributed by atoms with Gasteiger partial charge in [-0.1, -0.05) is 18.2 Å². The monoisotopic (exact) mass is 413 g/mol. The van der Waals surface area contributed by atoms with E-state index in [1.807, 2.05) is 0 Å². The summed E-state index contributed by atoms with van der Waals surface area (Å²) in [5.74, 6) is -8.61. The lowest BCUT2D eigenvalue weighted by molar-refractivity contribution is -0.705. The van der Waals surface area contributed by atoms with E-state index in [0.29, 0.717) is 17.4 Å². The summed E-state index contributed by atoms with van der Waals surface area (Å²) in [5, 5.41) is 16.1. The lowest BCUT2D eigenvalue weighted by atomic mass is 10.2. The van der Waals surface area contributed by atoms with Crippen LogP contribution in [0.2, 0.25) is 0 Å². The molecule has 1 N–H and O–H groups in total. The first-order valence-electron chi connectivity index (χ1n) is 7.74. The zero-order valence-corrected chi connectivity index (χ0v) is 14.9. The van der Waals surface area contributed by atoms with E-state index in [1.54, 1.807) is 35.6 Å². The van der Waals surface area contributed by atoms with Crippen molar-refractivity contribution in [3.8, 4) is 11.6 Å². The van der Waals surface area contributed by atoms with Gasteiger partial charge in [-0.3, -0.25) is 4.79 Å². The van der Waals surface area contributed by atoms with Gasteiger partial charge < -0.3 is 14.9 Å². The van der Waals surface area contributed by atoms with Gasteiger partial charge >= 0.3 is 0 Å². The number of halogens is 4. The highest BCUT2D eigenvalue weighted by Gasteiger charge is 2.28. The van der Waals surface area contributed by atoms with Crippen molar-refractivity contribution in [2.24, 2.45) is 0 Å². The molecule has 3 rings (SSSR count). The molecule has 0 aliphatic rings. The van der Waals surface area contributed by atoms with Crippen molar-refractivity contribution in [3.63, 3.8) is 0 Å². The van der Waals surface area contributed by atoms with Crippen LogP contribution >= 0.6 is 11.8 Å². The molecule has 1 unspecified atom stereocenters. The van der Waals surface area contributed by atoms with Crippen LogP contribution in [0.4, 0.5) is 23.2 Å². The number of hydrogen-bond acceptors (Lipinski definition) is 5. The fraction of sp³-hybridized carbons (Fsp3) is 0.118. The van der Waals surface area contributed by atoms with E-state index in [-0.39, 0.29) is 11.1 Å². The predicted octanol–water partition coefficient (Wildman–Crippen LogP) is 2.70. The molecule has 11 heteroatoms. The molecular formula is C17H11F4N3O3S. The summed E-state index contributed by atoms with van der Waals surface area (Å²) in [7, 11) is 0. The zero-order chi connectivity index (χ0) is 20.4. The molecular weight excluding hydrogens is 402 g/mol. The van der Waals surface area contributed by atoms with Gasteiger partial charge in [-0.25, -0.2) is 17.6 Å². The van der Waals surface area contributed by atoms with Crippen molar-refractivity contribution in [1.82, 2.24) is 5.27 Å². The van der Waals surface area contributed by atoms with Crippen molar-refractivity contribution in [3.05, 3.63) is 59.7 Å². The van der Waals surface area contributed by atoms with Gasteiger partial charge in [0.25, 0.3) is 5.03 Å². The average molecular weight is 413 g/mol. The molecule has 0 saturated carbocycles. The Morgan fingerprint density at radius 2 is 1.79 bits per heavy atom. The number of carbonyl (C=O) groups excluding carboxylic acids is 1. The van der Waals surface area contributed by atoms with Crippen LogP contribution in [0.25, 0.3) is 5.69 Å².